The summed E-state index contributed by atoms with van der Waals surface area (Å²) in [6.07, 6.45) is -0.765. The maximum Gasteiger partial charge on any atom is 0.307 e. The fourth-order valence-electron chi connectivity index (χ4n) is 0.451. The molecule has 0 saturated carbocycles. The van der Waals surface area contributed by atoms with Crippen molar-refractivity contribution in [2.24, 2.45) is 0 Å². The van der Waals surface area contributed by atoms with Crippen molar-refractivity contribution in [2.45, 2.75) is 12.8 Å². The molecule has 55 valence electrons. The lowest BCUT2D eigenvalue weighted by Gasteiger charge is -1.94. The molecule has 0 heterocycles. The molecule has 0 aliphatic carbocycles. The standard InChI is InChI=1S/C6H7O4/c1-4(2-5(7)8)3-6(9)10/h1H,2-3H2,(H,7,8)(H,9,10). The number of aliphatic carboxylic acids is 2. The molecule has 0 rings (SSSR count). The number of hydrogen-bond donors (Lipinski definition) is 2. The number of carbonyl (C=O) groups is 2. The van der Waals surface area contributed by atoms with E-state index in [4.69, 9.17) is 16.8 Å². The van der Waals surface area contributed by atoms with Gasteiger partial charge < -0.3 is 10.2 Å². The zero-order valence-electron chi connectivity index (χ0n) is 5.20. The Morgan fingerprint density at radius 2 is 1.40 bits per heavy atom. The van der Waals surface area contributed by atoms with Crippen LogP contribution in [0.1, 0.15) is 12.8 Å². The Kier molecular flexibility index (Phi) is 3.17. The van der Waals surface area contributed by atoms with Crippen LogP contribution in [0.4, 0.5) is 0 Å². The normalized spacial score (nSPS) is 8.80. The smallest absolute Gasteiger partial charge is 0.307 e. The molecule has 0 aromatic rings. The molecular formula is C6H7O4. The van der Waals surface area contributed by atoms with Crippen LogP contribution in [-0.4, -0.2) is 22.2 Å². The van der Waals surface area contributed by atoms with E-state index in [1.165, 1.54) is 0 Å². The maximum absolute atomic E-state index is 9.90. The molecule has 0 saturated heterocycles. The highest BCUT2D eigenvalue weighted by Gasteiger charge is 2.05. The lowest BCUT2D eigenvalue weighted by atomic mass is 10.1. The van der Waals surface area contributed by atoms with Crippen molar-refractivity contribution < 1.29 is 19.8 Å². The molecule has 0 aromatic carbocycles. The van der Waals surface area contributed by atoms with Crippen molar-refractivity contribution >= 4 is 11.9 Å². The average molecular weight is 143 g/mol. The van der Waals surface area contributed by atoms with E-state index in [2.05, 4.69) is 0 Å². The second kappa shape index (κ2) is 3.66. The number of hydrogen-bond acceptors (Lipinski definition) is 2. The molecule has 10 heavy (non-hydrogen) atoms. The fraction of sp³-hybridized carbons (Fsp3) is 0.333. The van der Waals surface area contributed by atoms with E-state index in [-0.39, 0.29) is 18.4 Å². The van der Waals surface area contributed by atoms with E-state index >= 15 is 0 Å². The second-order valence-corrected chi connectivity index (χ2v) is 1.80. The largest absolute Gasteiger partial charge is 0.481 e. The van der Waals surface area contributed by atoms with Gasteiger partial charge in [-0.25, -0.2) is 0 Å². The minimum absolute atomic E-state index is 0.0417. The van der Waals surface area contributed by atoms with Crippen LogP contribution in [-0.2, 0) is 9.59 Å². The molecule has 0 aliphatic heterocycles. The summed E-state index contributed by atoms with van der Waals surface area (Å²) < 4.78 is 0. The highest BCUT2D eigenvalue weighted by atomic mass is 16.4. The molecule has 4 nitrogen and oxygen atoms in total. The van der Waals surface area contributed by atoms with Crippen LogP contribution < -0.4 is 0 Å². The monoisotopic (exact) mass is 143 g/mol. The predicted octanol–water partition coefficient (Wildman–Crippen LogP) is 0.295. The first kappa shape index (κ1) is 8.68. The fourth-order valence-corrected chi connectivity index (χ4v) is 0.451. The lowest BCUT2D eigenvalue weighted by molar-refractivity contribution is -0.136. The van der Waals surface area contributed by atoms with Crippen molar-refractivity contribution in [3.05, 3.63) is 12.2 Å². The van der Waals surface area contributed by atoms with Crippen LogP contribution in [0.15, 0.2) is 5.57 Å². The Morgan fingerprint density at radius 3 is 1.60 bits per heavy atom. The molecule has 0 bridgehead atoms. The summed E-state index contributed by atoms with van der Waals surface area (Å²) in [4.78, 5) is 19.8. The molecule has 0 aromatic heterocycles. The Labute approximate surface area is 57.8 Å². The molecule has 0 atom stereocenters. The summed E-state index contributed by atoms with van der Waals surface area (Å²) in [5.41, 5.74) is -0.0417. The van der Waals surface area contributed by atoms with Gasteiger partial charge in [-0.2, -0.15) is 0 Å². The molecule has 4 heteroatoms. The third-order valence-electron chi connectivity index (χ3n) is 0.757. The molecule has 0 spiro atoms. The van der Waals surface area contributed by atoms with Gasteiger partial charge in [-0.3, -0.25) is 9.59 Å². The topological polar surface area (TPSA) is 74.6 Å². The molecule has 0 amide bonds. The Balaban J connectivity index is 3.65. The summed E-state index contributed by atoms with van der Waals surface area (Å²) >= 11 is 0. The summed E-state index contributed by atoms with van der Waals surface area (Å²) in [6, 6.07) is 0. The third-order valence-corrected chi connectivity index (χ3v) is 0.757. The minimum atomic E-state index is -1.11. The van der Waals surface area contributed by atoms with Crippen molar-refractivity contribution in [1.29, 1.82) is 0 Å². The lowest BCUT2D eigenvalue weighted by Crippen LogP contribution is -2.01. The molecule has 1 radical (unpaired) electrons. The Bertz CT molecular complexity index is 153. The number of rotatable bonds is 4. The van der Waals surface area contributed by atoms with Crippen LogP contribution in [0.3, 0.4) is 0 Å². The highest BCUT2D eigenvalue weighted by Crippen LogP contribution is 2.02. The van der Waals surface area contributed by atoms with Gasteiger partial charge in [-0.05, 0) is 5.57 Å². The van der Waals surface area contributed by atoms with Crippen molar-refractivity contribution in [3.8, 4) is 0 Å². The highest BCUT2D eigenvalue weighted by molar-refractivity contribution is 5.75. The van der Waals surface area contributed by atoms with Gasteiger partial charge in [0.2, 0.25) is 0 Å². The number of carboxylic acid groups (broad SMARTS) is 2. The van der Waals surface area contributed by atoms with E-state index in [0.29, 0.717) is 0 Å². The number of carboxylic acids is 2. The first-order valence-electron chi connectivity index (χ1n) is 2.56. The van der Waals surface area contributed by atoms with E-state index in [9.17, 15) is 9.59 Å². The van der Waals surface area contributed by atoms with E-state index < -0.39 is 11.9 Å². The van der Waals surface area contributed by atoms with Gasteiger partial charge in [-0.15, -0.1) is 0 Å². The van der Waals surface area contributed by atoms with Crippen LogP contribution in [0, 0.1) is 6.58 Å². The van der Waals surface area contributed by atoms with Gasteiger partial charge in [0.25, 0.3) is 0 Å². The molecule has 0 fully saturated rings. The average Bonchev–Trinajstić information content (AvgIpc) is 1.58. The van der Waals surface area contributed by atoms with Gasteiger partial charge in [0, 0.05) is 0 Å². The van der Waals surface area contributed by atoms with E-state index in [0.717, 1.165) is 0 Å². The van der Waals surface area contributed by atoms with Gasteiger partial charge in [0.1, 0.15) is 0 Å². The van der Waals surface area contributed by atoms with E-state index in [1.807, 2.05) is 0 Å². The minimum Gasteiger partial charge on any atom is -0.481 e. The zero-order chi connectivity index (χ0) is 8.15. The first-order chi connectivity index (χ1) is 4.52. The summed E-state index contributed by atoms with van der Waals surface area (Å²) in [7, 11) is 0. The second-order valence-electron chi connectivity index (χ2n) is 1.80. The van der Waals surface area contributed by atoms with Crippen molar-refractivity contribution in [2.75, 3.05) is 0 Å². The molecule has 2 N–H and O–H groups in total. The van der Waals surface area contributed by atoms with Crippen LogP contribution >= 0.6 is 0 Å². The van der Waals surface area contributed by atoms with Crippen molar-refractivity contribution in [3.63, 3.8) is 0 Å². The molecular weight excluding hydrogens is 136 g/mol. The maximum atomic E-state index is 9.90. The van der Waals surface area contributed by atoms with Gasteiger partial charge in [0.05, 0.1) is 12.8 Å². The molecule has 0 unspecified atom stereocenters. The van der Waals surface area contributed by atoms with Crippen LogP contribution in [0.2, 0.25) is 0 Å². The first-order valence-corrected chi connectivity index (χ1v) is 2.56. The van der Waals surface area contributed by atoms with E-state index in [1.54, 1.807) is 0 Å². The Morgan fingerprint density at radius 1 is 1.10 bits per heavy atom. The summed E-state index contributed by atoms with van der Waals surface area (Å²) in [5, 5.41) is 16.2. The summed E-state index contributed by atoms with van der Waals surface area (Å²) in [6.45, 7) is 5.03. The molecule has 0 aliphatic rings. The third kappa shape index (κ3) is 4.83. The van der Waals surface area contributed by atoms with Gasteiger partial charge in [0.15, 0.2) is 0 Å². The van der Waals surface area contributed by atoms with Gasteiger partial charge >= 0.3 is 11.9 Å². The summed E-state index contributed by atoms with van der Waals surface area (Å²) in [5.74, 6) is -2.22. The van der Waals surface area contributed by atoms with Crippen molar-refractivity contribution in [1.82, 2.24) is 0 Å². The zero-order valence-corrected chi connectivity index (χ0v) is 5.20. The van der Waals surface area contributed by atoms with Gasteiger partial charge in [-0.1, -0.05) is 6.58 Å². The predicted molar refractivity (Wildman–Crippen MR) is 32.3 cm³/mol. The SMILES string of the molecule is [CH]=C(CC(=O)O)CC(=O)O. The van der Waals surface area contributed by atoms with Crippen LogP contribution in [0.5, 0.6) is 0 Å². The Hall–Kier alpha value is -1.32. The quantitative estimate of drug-likeness (QED) is 0.593. The van der Waals surface area contributed by atoms with Crippen LogP contribution in [0.25, 0.3) is 0 Å².